The third-order valence-corrected chi connectivity index (χ3v) is 6.44. The van der Waals surface area contributed by atoms with E-state index in [1.807, 2.05) is 0 Å². The number of halogens is 3. The van der Waals surface area contributed by atoms with Gasteiger partial charge in [-0.2, -0.15) is 18.3 Å². The van der Waals surface area contributed by atoms with Crippen LogP contribution >= 0.6 is 0 Å². The van der Waals surface area contributed by atoms with Gasteiger partial charge in [0.1, 0.15) is 0 Å². The van der Waals surface area contributed by atoms with Crippen molar-refractivity contribution in [1.29, 1.82) is 0 Å². The lowest BCUT2D eigenvalue weighted by molar-refractivity contribution is -0.142. The van der Waals surface area contributed by atoms with Crippen LogP contribution in [0.15, 0.2) is 29.2 Å². The van der Waals surface area contributed by atoms with Crippen molar-refractivity contribution in [2.45, 2.75) is 43.0 Å². The molecular weight excluding hydrogens is 411 g/mol. The molecule has 1 aromatic carbocycles. The fraction of sp³-hybridized carbons (Fsp3) is 0.500. The van der Waals surface area contributed by atoms with Crippen LogP contribution in [-0.4, -0.2) is 44.1 Å². The first-order valence-corrected chi connectivity index (χ1v) is 10.7. The van der Waals surface area contributed by atoms with E-state index >= 15 is 0 Å². The van der Waals surface area contributed by atoms with E-state index in [9.17, 15) is 21.6 Å². The number of fused-ring (bicyclic) bond motifs is 1. The molecule has 2 aliphatic rings. The van der Waals surface area contributed by atoms with Gasteiger partial charge in [0.05, 0.1) is 35.6 Å². The number of hydrogen-bond donors (Lipinski definition) is 1. The maximum atomic E-state index is 13.3. The lowest BCUT2D eigenvalue weighted by Crippen LogP contribution is -2.31. The normalized spacial score (nSPS) is 20.0. The predicted molar refractivity (Wildman–Crippen MR) is 96.1 cm³/mol. The SMILES string of the molecule is O=S(=O)(NCC1CCCO1)c1ccc(-n2nc(C(F)(F)F)c3c2CCOC3)cc1. The number of sulfonamides is 1. The highest BCUT2D eigenvalue weighted by atomic mass is 32.2. The molecule has 1 fully saturated rings. The van der Waals surface area contributed by atoms with Gasteiger partial charge in [-0.25, -0.2) is 17.8 Å². The van der Waals surface area contributed by atoms with E-state index in [4.69, 9.17) is 9.47 Å². The number of ether oxygens (including phenoxy) is 2. The Kier molecular flexibility index (Phi) is 5.40. The van der Waals surface area contributed by atoms with Gasteiger partial charge in [-0.1, -0.05) is 0 Å². The van der Waals surface area contributed by atoms with Gasteiger partial charge in [-0.3, -0.25) is 0 Å². The minimum absolute atomic E-state index is 0.0266. The van der Waals surface area contributed by atoms with Gasteiger partial charge in [0.2, 0.25) is 10.0 Å². The molecule has 2 aromatic rings. The molecule has 0 radical (unpaired) electrons. The second-order valence-corrected chi connectivity index (χ2v) is 8.73. The number of hydrogen-bond acceptors (Lipinski definition) is 5. The molecule has 11 heteroatoms. The Morgan fingerprint density at radius 2 is 1.97 bits per heavy atom. The fourth-order valence-electron chi connectivity index (χ4n) is 3.54. The fourth-order valence-corrected chi connectivity index (χ4v) is 4.60. The summed E-state index contributed by atoms with van der Waals surface area (Å²) in [5.41, 5.74) is -0.159. The number of alkyl halides is 3. The van der Waals surface area contributed by atoms with Crippen molar-refractivity contribution >= 4 is 10.0 Å². The molecule has 0 aliphatic carbocycles. The molecule has 158 valence electrons. The van der Waals surface area contributed by atoms with Gasteiger partial charge in [0, 0.05) is 25.1 Å². The highest BCUT2D eigenvalue weighted by Crippen LogP contribution is 2.35. The van der Waals surface area contributed by atoms with Gasteiger partial charge < -0.3 is 9.47 Å². The van der Waals surface area contributed by atoms with E-state index in [0.29, 0.717) is 31.0 Å². The van der Waals surface area contributed by atoms with Gasteiger partial charge in [0.15, 0.2) is 5.69 Å². The smallest absolute Gasteiger partial charge is 0.377 e. The number of nitrogens with zero attached hydrogens (tertiary/aromatic N) is 2. The lowest BCUT2D eigenvalue weighted by Gasteiger charge is -2.16. The molecule has 7 nitrogen and oxygen atoms in total. The van der Waals surface area contributed by atoms with Crippen LogP contribution in [0.1, 0.15) is 29.8 Å². The molecule has 1 atom stereocenters. The average molecular weight is 431 g/mol. The van der Waals surface area contributed by atoms with Crippen molar-refractivity contribution in [3.63, 3.8) is 0 Å². The molecule has 0 amide bonds. The molecule has 29 heavy (non-hydrogen) atoms. The molecule has 1 unspecified atom stereocenters. The van der Waals surface area contributed by atoms with Crippen LogP contribution in [0.2, 0.25) is 0 Å². The number of rotatable bonds is 5. The molecular formula is C18H20F3N3O4S. The summed E-state index contributed by atoms with van der Waals surface area (Å²) < 4.78 is 79.1. The molecule has 4 rings (SSSR count). The number of aromatic nitrogens is 2. The molecule has 0 bridgehead atoms. The van der Waals surface area contributed by atoms with Crippen molar-refractivity contribution < 1.29 is 31.1 Å². The third-order valence-electron chi connectivity index (χ3n) is 5.00. The first kappa shape index (κ1) is 20.3. The first-order chi connectivity index (χ1) is 13.8. The Labute approximate surface area is 165 Å². The molecule has 1 saturated heterocycles. The van der Waals surface area contributed by atoms with Crippen molar-refractivity contribution in [2.75, 3.05) is 19.8 Å². The standard InChI is InChI=1S/C18H20F3N3O4S/c19-18(20,21)17-15-11-27-9-7-16(15)24(23-17)12-3-5-14(6-4-12)29(25,26)22-10-13-2-1-8-28-13/h3-6,13,22H,1-2,7-11H2. The summed E-state index contributed by atoms with van der Waals surface area (Å²) in [5.74, 6) is 0. The highest BCUT2D eigenvalue weighted by molar-refractivity contribution is 7.89. The largest absolute Gasteiger partial charge is 0.435 e. The molecule has 1 N–H and O–H groups in total. The topological polar surface area (TPSA) is 82.5 Å². The van der Waals surface area contributed by atoms with E-state index in [0.717, 1.165) is 12.8 Å². The summed E-state index contributed by atoms with van der Waals surface area (Å²) in [6, 6.07) is 5.61. The Hall–Kier alpha value is -1.95. The third kappa shape index (κ3) is 4.18. The Morgan fingerprint density at radius 3 is 2.62 bits per heavy atom. The van der Waals surface area contributed by atoms with E-state index in [1.54, 1.807) is 0 Å². The van der Waals surface area contributed by atoms with Crippen molar-refractivity contribution in [3.8, 4) is 5.69 Å². The van der Waals surface area contributed by atoms with E-state index in [2.05, 4.69) is 9.82 Å². The average Bonchev–Trinajstić information content (AvgIpc) is 3.34. The van der Waals surface area contributed by atoms with Crippen LogP contribution in [0.3, 0.4) is 0 Å². The number of benzene rings is 1. The second-order valence-electron chi connectivity index (χ2n) is 6.97. The van der Waals surface area contributed by atoms with Crippen molar-refractivity contribution in [2.24, 2.45) is 0 Å². The summed E-state index contributed by atoms with van der Waals surface area (Å²) in [6.45, 7) is 0.964. The van der Waals surface area contributed by atoms with Crippen LogP contribution in [0, 0.1) is 0 Å². The summed E-state index contributed by atoms with van der Waals surface area (Å²) in [4.78, 5) is 0.0275. The summed E-state index contributed by atoms with van der Waals surface area (Å²) in [5, 5.41) is 3.74. The zero-order valence-corrected chi connectivity index (χ0v) is 16.2. The Bertz CT molecular complexity index is 981. The highest BCUT2D eigenvalue weighted by Gasteiger charge is 2.40. The van der Waals surface area contributed by atoms with E-state index in [-0.39, 0.29) is 29.7 Å². The zero-order chi connectivity index (χ0) is 20.6. The summed E-state index contributed by atoms with van der Waals surface area (Å²) in [7, 11) is -3.74. The molecule has 2 aliphatic heterocycles. The van der Waals surface area contributed by atoms with E-state index < -0.39 is 21.9 Å². The Balaban J connectivity index is 1.59. The molecule has 3 heterocycles. The zero-order valence-electron chi connectivity index (χ0n) is 15.4. The van der Waals surface area contributed by atoms with Gasteiger partial charge in [-0.05, 0) is 37.1 Å². The van der Waals surface area contributed by atoms with Gasteiger partial charge in [0.25, 0.3) is 0 Å². The lowest BCUT2D eigenvalue weighted by atomic mass is 10.1. The number of nitrogens with one attached hydrogen (secondary N) is 1. The monoisotopic (exact) mass is 431 g/mol. The first-order valence-electron chi connectivity index (χ1n) is 9.23. The quantitative estimate of drug-likeness (QED) is 0.786. The van der Waals surface area contributed by atoms with Crippen LogP contribution < -0.4 is 4.72 Å². The summed E-state index contributed by atoms with van der Waals surface area (Å²) >= 11 is 0. The van der Waals surface area contributed by atoms with Crippen LogP contribution in [0.4, 0.5) is 13.2 Å². The van der Waals surface area contributed by atoms with Crippen LogP contribution in [-0.2, 0) is 38.7 Å². The van der Waals surface area contributed by atoms with E-state index in [1.165, 1.54) is 28.9 Å². The minimum atomic E-state index is -4.59. The van der Waals surface area contributed by atoms with Crippen molar-refractivity contribution in [1.82, 2.24) is 14.5 Å². The van der Waals surface area contributed by atoms with Crippen LogP contribution in [0.5, 0.6) is 0 Å². The van der Waals surface area contributed by atoms with Crippen molar-refractivity contribution in [3.05, 3.63) is 41.2 Å². The predicted octanol–water partition coefficient (Wildman–Crippen LogP) is 2.42. The molecule has 0 saturated carbocycles. The molecule has 1 aromatic heterocycles. The van der Waals surface area contributed by atoms with Gasteiger partial charge >= 0.3 is 6.18 Å². The summed E-state index contributed by atoms with van der Waals surface area (Å²) in [6.07, 6.45) is -2.73. The maximum absolute atomic E-state index is 13.3. The molecule has 0 spiro atoms. The second kappa shape index (κ2) is 7.71. The maximum Gasteiger partial charge on any atom is 0.435 e. The minimum Gasteiger partial charge on any atom is -0.377 e. The van der Waals surface area contributed by atoms with Gasteiger partial charge in [-0.15, -0.1) is 0 Å². The Morgan fingerprint density at radius 1 is 1.21 bits per heavy atom. The van der Waals surface area contributed by atoms with Crippen LogP contribution in [0.25, 0.3) is 5.69 Å².